The molecule has 0 bridgehead atoms. The number of aryl methyl sites for hydroxylation is 1. The summed E-state index contributed by atoms with van der Waals surface area (Å²) in [7, 11) is 0. The van der Waals surface area contributed by atoms with Crippen LogP contribution in [0.4, 0.5) is 0 Å². The van der Waals surface area contributed by atoms with Crippen LogP contribution in [0.2, 0.25) is 5.02 Å². The highest BCUT2D eigenvalue weighted by Gasteiger charge is 2.23. The Morgan fingerprint density at radius 2 is 1.97 bits per heavy atom. The summed E-state index contributed by atoms with van der Waals surface area (Å²) >= 11 is 6.14. The van der Waals surface area contributed by atoms with Gasteiger partial charge in [0.05, 0.1) is 6.54 Å². The van der Waals surface area contributed by atoms with Crippen molar-refractivity contribution < 1.29 is 14.4 Å². The summed E-state index contributed by atoms with van der Waals surface area (Å²) < 4.78 is 0. The molecule has 1 fully saturated rings. The van der Waals surface area contributed by atoms with E-state index in [1.165, 1.54) is 11.7 Å². The van der Waals surface area contributed by atoms with E-state index in [1.807, 2.05) is 12.1 Å². The zero-order valence-electron chi connectivity index (χ0n) is 18.0. The number of nitrogens with one attached hydrogen (secondary N) is 2. The van der Waals surface area contributed by atoms with Crippen molar-refractivity contribution in [1.29, 1.82) is 0 Å². The van der Waals surface area contributed by atoms with Gasteiger partial charge in [0.2, 0.25) is 17.7 Å². The normalized spacial score (nSPS) is 14.5. The maximum atomic E-state index is 12.7. The highest BCUT2D eigenvalue weighted by molar-refractivity contribution is 6.30. The van der Waals surface area contributed by atoms with Gasteiger partial charge in [0.1, 0.15) is 0 Å². The van der Waals surface area contributed by atoms with Gasteiger partial charge >= 0.3 is 0 Å². The minimum atomic E-state index is -0.318. The van der Waals surface area contributed by atoms with Crippen LogP contribution < -0.4 is 10.9 Å². The van der Waals surface area contributed by atoms with Crippen molar-refractivity contribution >= 4 is 35.4 Å². The maximum absolute atomic E-state index is 12.7. The van der Waals surface area contributed by atoms with Gasteiger partial charge in [-0.1, -0.05) is 17.7 Å². The fourth-order valence-corrected chi connectivity index (χ4v) is 3.71. The number of carbonyl (C=O) groups is 3. The topological polar surface area (TPSA) is 122 Å². The molecule has 1 aromatic heterocycles. The van der Waals surface area contributed by atoms with Gasteiger partial charge in [0.25, 0.3) is 0 Å². The Labute approximate surface area is 191 Å². The van der Waals surface area contributed by atoms with E-state index in [0.717, 1.165) is 24.0 Å². The predicted octanol–water partition coefficient (Wildman–Crippen LogP) is 1.49. The molecule has 0 atom stereocenters. The average molecular weight is 460 g/mol. The first-order valence-corrected chi connectivity index (χ1v) is 10.7. The van der Waals surface area contributed by atoms with Crippen molar-refractivity contribution in [2.75, 3.05) is 13.1 Å². The summed E-state index contributed by atoms with van der Waals surface area (Å²) in [6.07, 6.45) is 5.11. The molecule has 0 spiro atoms. The number of amides is 3. The molecule has 11 heteroatoms. The molecule has 1 saturated heterocycles. The molecule has 3 rings (SSSR count). The molecular weight excluding hydrogens is 434 g/mol. The number of piperidine rings is 1. The maximum Gasteiger partial charge on any atom is 0.246 e. The Morgan fingerprint density at radius 3 is 2.62 bits per heavy atom. The number of benzene rings is 1. The van der Waals surface area contributed by atoms with Crippen LogP contribution in [-0.2, 0) is 20.9 Å². The van der Waals surface area contributed by atoms with E-state index in [9.17, 15) is 14.4 Å². The molecule has 1 aromatic carbocycles. The number of aromatic nitrogens is 4. The first kappa shape index (κ1) is 23.4. The number of hydrogen-bond acceptors (Lipinski definition) is 6. The number of halogens is 1. The van der Waals surface area contributed by atoms with Crippen molar-refractivity contribution in [2.24, 2.45) is 5.92 Å². The van der Waals surface area contributed by atoms with Gasteiger partial charge < -0.3 is 4.90 Å². The Balaban J connectivity index is 1.55. The molecule has 3 amide bonds. The van der Waals surface area contributed by atoms with Crippen molar-refractivity contribution in [3.05, 3.63) is 46.2 Å². The molecule has 2 aromatic rings. The van der Waals surface area contributed by atoms with E-state index in [-0.39, 0.29) is 23.6 Å². The van der Waals surface area contributed by atoms with Crippen LogP contribution in [0.1, 0.15) is 43.1 Å². The van der Waals surface area contributed by atoms with E-state index in [2.05, 4.69) is 26.3 Å². The summed E-state index contributed by atoms with van der Waals surface area (Å²) in [6, 6.07) is 5.44. The third kappa shape index (κ3) is 6.88. The first-order valence-electron chi connectivity index (χ1n) is 10.4. The number of hydrazine groups is 1. The van der Waals surface area contributed by atoms with Crippen LogP contribution in [0.5, 0.6) is 0 Å². The second kappa shape index (κ2) is 10.9. The molecular formula is C21H26ClN7O3. The zero-order valence-corrected chi connectivity index (χ0v) is 18.8. The molecule has 1 aliphatic rings. The van der Waals surface area contributed by atoms with E-state index >= 15 is 0 Å². The van der Waals surface area contributed by atoms with Gasteiger partial charge in [-0.2, -0.15) is 4.80 Å². The van der Waals surface area contributed by atoms with Crippen LogP contribution in [0.15, 0.2) is 24.3 Å². The number of likely N-dealkylation sites (tertiary alicyclic amines) is 1. The lowest BCUT2D eigenvalue weighted by Crippen LogP contribution is -2.43. The molecule has 10 nitrogen and oxygen atoms in total. The molecule has 0 unspecified atom stereocenters. The minimum Gasteiger partial charge on any atom is -0.339 e. The molecule has 1 aliphatic heterocycles. The molecule has 0 aliphatic carbocycles. The lowest BCUT2D eigenvalue weighted by molar-refractivity contribution is -0.129. The van der Waals surface area contributed by atoms with Crippen LogP contribution >= 0.6 is 11.6 Å². The van der Waals surface area contributed by atoms with Gasteiger partial charge in [-0.05, 0) is 60.2 Å². The standard InChI is InChI=1S/C21H26ClN7O3/c1-14-23-27-29(26-14)13-18-12-19(22)5-3-17(18)4-6-21(32)28-9-7-16(8-10-28)11-20(31)25-24-15(2)30/h3-6,12,16H,7-11,13H2,1-2H3,(H,24,30)(H,25,31)/b6-4+. The second-order valence-corrected chi connectivity index (χ2v) is 8.18. The Morgan fingerprint density at radius 1 is 1.22 bits per heavy atom. The monoisotopic (exact) mass is 459 g/mol. The van der Waals surface area contributed by atoms with E-state index < -0.39 is 0 Å². The lowest BCUT2D eigenvalue weighted by atomic mass is 9.93. The smallest absolute Gasteiger partial charge is 0.246 e. The summed E-state index contributed by atoms with van der Waals surface area (Å²) in [4.78, 5) is 38.6. The number of carbonyl (C=O) groups excluding carboxylic acids is 3. The molecule has 0 radical (unpaired) electrons. The summed E-state index contributed by atoms with van der Waals surface area (Å²) in [6.45, 7) is 4.64. The van der Waals surface area contributed by atoms with E-state index in [0.29, 0.717) is 36.9 Å². The minimum absolute atomic E-state index is 0.0817. The molecule has 2 N–H and O–H groups in total. The third-order valence-corrected chi connectivity index (χ3v) is 5.39. The summed E-state index contributed by atoms with van der Waals surface area (Å²) in [5.41, 5.74) is 6.39. The van der Waals surface area contributed by atoms with Gasteiger partial charge in [0, 0.05) is 37.5 Å². The first-order chi connectivity index (χ1) is 15.3. The Kier molecular flexibility index (Phi) is 7.93. The van der Waals surface area contributed by atoms with Crippen molar-refractivity contribution in [3.63, 3.8) is 0 Å². The second-order valence-electron chi connectivity index (χ2n) is 7.75. The number of rotatable bonds is 6. The Bertz CT molecular complexity index is 1010. The van der Waals surface area contributed by atoms with Crippen LogP contribution in [-0.4, -0.2) is 55.9 Å². The van der Waals surface area contributed by atoms with Crippen LogP contribution in [0, 0.1) is 12.8 Å². The van der Waals surface area contributed by atoms with E-state index in [4.69, 9.17) is 11.6 Å². The van der Waals surface area contributed by atoms with Crippen molar-refractivity contribution in [2.45, 2.75) is 39.7 Å². The summed E-state index contributed by atoms with van der Waals surface area (Å²) in [5.74, 6) is 0.134. The highest BCUT2D eigenvalue weighted by Crippen LogP contribution is 2.22. The van der Waals surface area contributed by atoms with Gasteiger partial charge in [-0.15, -0.1) is 10.2 Å². The quantitative estimate of drug-likeness (QED) is 0.498. The zero-order chi connectivity index (χ0) is 23.1. The SMILES string of the molecule is CC(=O)NNC(=O)CC1CCN(C(=O)/C=C/c2ccc(Cl)cc2Cn2nnc(C)n2)CC1. The van der Waals surface area contributed by atoms with Crippen molar-refractivity contribution in [3.8, 4) is 0 Å². The largest absolute Gasteiger partial charge is 0.339 e. The highest BCUT2D eigenvalue weighted by atomic mass is 35.5. The average Bonchev–Trinajstić information content (AvgIpc) is 3.16. The fraction of sp³-hybridized carbons (Fsp3) is 0.429. The Hall–Kier alpha value is -3.27. The van der Waals surface area contributed by atoms with Gasteiger partial charge in [-0.25, -0.2) is 0 Å². The molecule has 32 heavy (non-hydrogen) atoms. The van der Waals surface area contributed by atoms with Gasteiger partial charge in [-0.3, -0.25) is 25.2 Å². The fourth-order valence-electron chi connectivity index (χ4n) is 3.51. The number of nitrogens with zero attached hydrogens (tertiary/aromatic N) is 5. The van der Waals surface area contributed by atoms with Crippen LogP contribution in [0.25, 0.3) is 6.08 Å². The van der Waals surface area contributed by atoms with Gasteiger partial charge in [0.15, 0.2) is 5.82 Å². The van der Waals surface area contributed by atoms with E-state index in [1.54, 1.807) is 30.0 Å². The predicted molar refractivity (Wildman–Crippen MR) is 118 cm³/mol. The summed E-state index contributed by atoms with van der Waals surface area (Å²) in [5, 5.41) is 12.6. The lowest BCUT2D eigenvalue weighted by Gasteiger charge is -2.31. The third-order valence-electron chi connectivity index (χ3n) is 5.15. The molecule has 0 saturated carbocycles. The molecule has 2 heterocycles. The van der Waals surface area contributed by atoms with Crippen LogP contribution in [0.3, 0.4) is 0 Å². The van der Waals surface area contributed by atoms with Crippen molar-refractivity contribution in [1.82, 2.24) is 36.0 Å². The number of tetrazole rings is 1. The molecule has 170 valence electrons. The number of hydrogen-bond donors (Lipinski definition) is 2.